The van der Waals surface area contributed by atoms with E-state index >= 15 is 0 Å². The molecular formula is C22H21ClN4O2S. The van der Waals surface area contributed by atoms with E-state index in [-0.39, 0.29) is 17.7 Å². The molecular weight excluding hydrogens is 420 g/mol. The highest BCUT2D eigenvalue weighted by Crippen LogP contribution is 2.27. The summed E-state index contributed by atoms with van der Waals surface area (Å²) in [6, 6.07) is 11.1. The van der Waals surface area contributed by atoms with Gasteiger partial charge in [-0.3, -0.25) is 9.59 Å². The van der Waals surface area contributed by atoms with Crippen molar-refractivity contribution < 1.29 is 9.59 Å². The molecule has 3 aromatic rings. The van der Waals surface area contributed by atoms with Gasteiger partial charge in [0, 0.05) is 35.3 Å². The average molecular weight is 441 g/mol. The summed E-state index contributed by atoms with van der Waals surface area (Å²) in [7, 11) is 0. The third-order valence-corrected chi connectivity index (χ3v) is 6.29. The third kappa shape index (κ3) is 4.52. The Morgan fingerprint density at radius 3 is 2.80 bits per heavy atom. The number of likely N-dealkylation sites (tertiary alicyclic amines) is 1. The summed E-state index contributed by atoms with van der Waals surface area (Å²) in [4.78, 5) is 36.2. The lowest BCUT2D eigenvalue weighted by Gasteiger charge is -2.31. The molecule has 1 N–H and O–H groups in total. The molecule has 1 unspecified atom stereocenters. The zero-order valence-corrected chi connectivity index (χ0v) is 18.0. The normalized spacial score (nSPS) is 16.3. The van der Waals surface area contributed by atoms with Gasteiger partial charge in [-0.2, -0.15) is 0 Å². The Bertz CT molecular complexity index is 1070. The van der Waals surface area contributed by atoms with E-state index in [2.05, 4.69) is 15.3 Å². The van der Waals surface area contributed by atoms with E-state index in [1.54, 1.807) is 28.6 Å². The van der Waals surface area contributed by atoms with E-state index in [0.717, 1.165) is 29.0 Å². The van der Waals surface area contributed by atoms with Gasteiger partial charge in [0.2, 0.25) is 5.91 Å². The monoisotopic (exact) mass is 440 g/mol. The van der Waals surface area contributed by atoms with Crippen molar-refractivity contribution in [3.8, 4) is 10.6 Å². The molecule has 1 atom stereocenters. The third-order valence-electron chi connectivity index (χ3n) is 5.14. The summed E-state index contributed by atoms with van der Waals surface area (Å²) in [6.45, 7) is 2.91. The molecule has 4 rings (SSSR count). The minimum atomic E-state index is -0.265. The number of halogens is 1. The van der Waals surface area contributed by atoms with Gasteiger partial charge in [-0.25, -0.2) is 9.97 Å². The molecule has 0 bridgehead atoms. The van der Waals surface area contributed by atoms with Crippen molar-refractivity contribution in [1.82, 2.24) is 14.9 Å². The lowest BCUT2D eigenvalue weighted by molar-refractivity contribution is -0.121. The maximum absolute atomic E-state index is 13.0. The van der Waals surface area contributed by atoms with Crippen molar-refractivity contribution in [3.63, 3.8) is 0 Å². The van der Waals surface area contributed by atoms with Crippen molar-refractivity contribution in [2.45, 2.75) is 19.8 Å². The number of hydrogen-bond donors (Lipinski definition) is 1. The number of piperidine rings is 1. The molecule has 2 amide bonds. The summed E-state index contributed by atoms with van der Waals surface area (Å²) in [5.74, 6) is 0.0592. The second kappa shape index (κ2) is 8.93. The first-order valence-corrected chi connectivity index (χ1v) is 11.0. The van der Waals surface area contributed by atoms with Gasteiger partial charge in [-0.05, 0) is 43.5 Å². The van der Waals surface area contributed by atoms with Crippen molar-refractivity contribution in [2.24, 2.45) is 5.92 Å². The van der Waals surface area contributed by atoms with Crippen LogP contribution in [0.1, 0.15) is 28.9 Å². The maximum atomic E-state index is 13.0. The first-order valence-electron chi connectivity index (χ1n) is 9.74. The topological polar surface area (TPSA) is 75.2 Å². The maximum Gasteiger partial charge on any atom is 0.273 e. The summed E-state index contributed by atoms with van der Waals surface area (Å²) < 4.78 is 0. The first kappa shape index (κ1) is 20.5. The van der Waals surface area contributed by atoms with Crippen LogP contribution in [-0.2, 0) is 4.79 Å². The Kier molecular flexibility index (Phi) is 6.11. The van der Waals surface area contributed by atoms with Crippen LogP contribution in [0.4, 0.5) is 5.82 Å². The van der Waals surface area contributed by atoms with Gasteiger partial charge in [0.25, 0.3) is 5.91 Å². The van der Waals surface area contributed by atoms with Crippen LogP contribution in [0.3, 0.4) is 0 Å². The molecule has 30 heavy (non-hydrogen) atoms. The lowest BCUT2D eigenvalue weighted by atomic mass is 9.97. The minimum absolute atomic E-state index is 0.102. The van der Waals surface area contributed by atoms with Crippen molar-refractivity contribution in [3.05, 3.63) is 64.3 Å². The van der Waals surface area contributed by atoms with Gasteiger partial charge in [0.15, 0.2) is 0 Å². The summed E-state index contributed by atoms with van der Waals surface area (Å²) in [5.41, 5.74) is 2.24. The highest BCUT2D eigenvalue weighted by molar-refractivity contribution is 7.13. The van der Waals surface area contributed by atoms with Crippen LogP contribution < -0.4 is 5.32 Å². The number of hydrogen-bond acceptors (Lipinski definition) is 5. The Morgan fingerprint density at radius 2 is 2.03 bits per heavy atom. The SMILES string of the molecule is Cc1cccnc1NC(=O)C1CCCN(C(=O)c2csc(-c3ccc(Cl)cc3)n2)C1. The Morgan fingerprint density at radius 1 is 1.23 bits per heavy atom. The molecule has 1 aliphatic heterocycles. The van der Waals surface area contributed by atoms with E-state index in [1.165, 1.54) is 11.3 Å². The molecule has 154 valence electrons. The molecule has 0 spiro atoms. The molecule has 3 heterocycles. The average Bonchev–Trinajstić information content (AvgIpc) is 3.25. The summed E-state index contributed by atoms with van der Waals surface area (Å²) >= 11 is 7.36. The second-order valence-electron chi connectivity index (χ2n) is 7.29. The predicted molar refractivity (Wildman–Crippen MR) is 119 cm³/mol. The number of nitrogens with one attached hydrogen (secondary N) is 1. The largest absolute Gasteiger partial charge is 0.336 e. The van der Waals surface area contributed by atoms with E-state index in [1.807, 2.05) is 31.2 Å². The van der Waals surface area contributed by atoms with Crippen LogP contribution in [0.15, 0.2) is 48.0 Å². The number of amides is 2. The first-order chi connectivity index (χ1) is 14.5. The van der Waals surface area contributed by atoms with Gasteiger partial charge in [0.1, 0.15) is 16.5 Å². The number of anilines is 1. The standard InChI is InChI=1S/C22H21ClN4O2S/c1-14-4-2-10-24-19(14)26-20(28)16-5-3-11-27(12-16)22(29)18-13-30-21(25-18)15-6-8-17(23)9-7-15/h2,4,6-10,13,16H,3,5,11-12H2,1H3,(H,24,26,28). The fourth-order valence-electron chi connectivity index (χ4n) is 3.47. The zero-order valence-electron chi connectivity index (χ0n) is 16.5. The van der Waals surface area contributed by atoms with Gasteiger partial charge >= 0.3 is 0 Å². The van der Waals surface area contributed by atoms with Crippen LogP contribution in [0.25, 0.3) is 10.6 Å². The van der Waals surface area contributed by atoms with Crippen LogP contribution in [-0.4, -0.2) is 39.8 Å². The van der Waals surface area contributed by atoms with Gasteiger partial charge in [-0.1, -0.05) is 29.8 Å². The molecule has 0 radical (unpaired) electrons. The summed E-state index contributed by atoms with van der Waals surface area (Å²) in [5, 5.41) is 6.10. The molecule has 2 aromatic heterocycles. The van der Waals surface area contributed by atoms with Crippen molar-refractivity contribution >= 4 is 40.6 Å². The van der Waals surface area contributed by atoms with Crippen LogP contribution >= 0.6 is 22.9 Å². The molecule has 6 nitrogen and oxygen atoms in total. The minimum Gasteiger partial charge on any atom is -0.336 e. The number of pyridine rings is 1. The number of thiazole rings is 1. The molecule has 1 aromatic carbocycles. The fourth-order valence-corrected chi connectivity index (χ4v) is 4.40. The predicted octanol–water partition coefficient (Wildman–Crippen LogP) is 4.66. The smallest absolute Gasteiger partial charge is 0.273 e. The molecule has 1 aliphatic rings. The number of aryl methyl sites for hydroxylation is 1. The zero-order chi connectivity index (χ0) is 21.1. The number of aromatic nitrogens is 2. The van der Waals surface area contributed by atoms with Gasteiger partial charge in [0.05, 0.1) is 5.92 Å². The number of nitrogens with zero attached hydrogens (tertiary/aromatic N) is 3. The van der Waals surface area contributed by atoms with E-state index in [4.69, 9.17) is 11.6 Å². The van der Waals surface area contributed by atoms with E-state index in [0.29, 0.717) is 29.6 Å². The molecule has 0 saturated carbocycles. The lowest BCUT2D eigenvalue weighted by Crippen LogP contribution is -2.44. The van der Waals surface area contributed by atoms with Crippen LogP contribution in [0.2, 0.25) is 5.02 Å². The van der Waals surface area contributed by atoms with Crippen molar-refractivity contribution in [1.29, 1.82) is 0 Å². The fraction of sp³-hybridized carbons (Fsp3) is 0.273. The Labute approximate surface area is 183 Å². The molecule has 0 aliphatic carbocycles. The highest BCUT2D eigenvalue weighted by Gasteiger charge is 2.30. The number of carbonyl (C=O) groups is 2. The second-order valence-corrected chi connectivity index (χ2v) is 8.59. The van der Waals surface area contributed by atoms with Crippen LogP contribution in [0.5, 0.6) is 0 Å². The van der Waals surface area contributed by atoms with Gasteiger partial charge in [-0.15, -0.1) is 11.3 Å². The quantitative estimate of drug-likeness (QED) is 0.640. The van der Waals surface area contributed by atoms with E-state index in [9.17, 15) is 9.59 Å². The van der Waals surface area contributed by atoms with Crippen molar-refractivity contribution in [2.75, 3.05) is 18.4 Å². The van der Waals surface area contributed by atoms with E-state index < -0.39 is 0 Å². The number of carbonyl (C=O) groups excluding carboxylic acids is 2. The molecule has 1 fully saturated rings. The summed E-state index contributed by atoms with van der Waals surface area (Å²) in [6.07, 6.45) is 3.17. The number of benzene rings is 1. The highest BCUT2D eigenvalue weighted by atomic mass is 35.5. The van der Waals surface area contributed by atoms with Gasteiger partial charge < -0.3 is 10.2 Å². The Hall–Kier alpha value is -2.77. The molecule has 1 saturated heterocycles. The number of rotatable bonds is 4. The molecule has 8 heteroatoms. The van der Waals surface area contributed by atoms with Crippen LogP contribution in [0, 0.1) is 12.8 Å². The Balaban J connectivity index is 1.43.